The third kappa shape index (κ3) is 2.46. The number of aromatic nitrogens is 1. The lowest BCUT2D eigenvalue weighted by Crippen LogP contribution is -2.49. The molecule has 0 spiro atoms. The summed E-state index contributed by atoms with van der Waals surface area (Å²) in [7, 11) is 1.78. The SMILES string of the molecule is CCCNC(C)(c1nc2c(s1)CCC2)C(C)OC. The highest BCUT2D eigenvalue weighted by atomic mass is 32.1. The summed E-state index contributed by atoms with van der Waals surface area (Å²) in [5.74, 6) is 0. The summed E-state index contributed by atoms with van der Waals surface area (Å²) < 4.78 is 5.57. The molecule has 0 amide bonds. The Morgan fingerprint density at radius 2 is 2.28 bits per heavy atom. The largest absolute Gasteiger partial charge is 0.379 e. The van der Waals surface area contributed by atoms with Gasteiger partial charge in [-0.15, -0.1) is 11.3 Å². The predicted molar refractivity (Wildman–Crippen MR) is 76.3 cm³/mol. The quantitative estimate of drug-likeness (QED) is 0.861. The summed E-state index contributed by atoms with van der Waals surface area (Å²) in [6.07, 6.45) is 4.87. The number of hydrogen-bond donors (Lipinski definition) is 1. The molecule has 1 aromatic heterocycles. The first-order valence-electron chi connectivity index (χ1n) is 6.88. The van der Waals surface area contributed by atoms with Gasteiger partial charge in [-0.05, 0) is 46.1 Å². The molecule has 1 aliphatic carbocycles. The summed E-state index contributed by atoms with van der Waals surface area (Å²) >= 11 is 1.87. The monoisotopic (exact) mass is 268 g/mol. The van der Waals surface area contributed by atoms with E-state index in [-0.39, 0.29) is 11.6 Å². The lowest BCUT2D eigenvalue weighted by atomic mass is 9.96. The standard InChI is InChI=1S/C14H24N2OS/c1-5-9-15-14(3,10(2)17-4)13-16-11-7-6-8-12(11)18-13/h10,15H,5-9H2,1-4H3. The third-order valence-corrected chi connectivity index (χ3v) is 5.34. The Kier molecular flexibility index (Phi) is 4.41. The molecule has 2 rings (SSSR count). The van der Waals surface area contributed by atoms with E-state index in [0.717, 1.165) is 19.4 Å². The van der Waals surface area contributed by atoms with Crippen LogP contribution in [-0.2, 0) is 23.1 Å². The normalized spacial score (nSPS) is 19.6. The van der Waals surface area contributed by atoms with Gasteiger partial charge >= 0.3 is 0 Å². The molecule has 0 radical (unpaired) electrons. The lowest BCUT2D eigenvalue weighted by Gasteiger charge is -2.34. The van der Waals surface area contributed by atoms with E-state index in [2.05, 4.69) is 26.1 Å². The van der Waals surface area contributed by atoms with Crippen molar-refractivity contribution in [2.75, 3.05) is 13.7 Å². The highest BCUT2D eigenvalue weighted by Crippen LogP contribution is 2.35. The average molecular weight is 268 g/mol. The van der Waals surface area contributed by atoms with Gasteiger partial charge in [-0.25, -0.2) is 4.98 Å². The molecule has 2 atom stereocenters. The molecule has 1 aliphatic rings. The van der Waals surface area contributed by atoms with Crippen LogP contribution in [0.15, 0.2) is 0 Å². The number of nitrogens with one attached hydrogen (secondary N) is 1. The molecule has 0 fully saturated rings. The van der Waals surface area contributed by atoms with Crippen molar-refractivity contribution in [1.82, 2.24) is 10.3 Å². The van der Waals surface area contributed by atoms with Gasteiger partial charge in [0.05, 0.1) is 17.3 Å². The van der Waals surface area contributed by atoms with Crippen molar-refractivity contribution in [2.24, 2.45) is 0 Å². The summed E-state index contributed by atoms with van der Waals surface area (Å²) in [6.45, 7) is 7.52. The minimum absolute atomic E-state index is 0.121. The predicted octanol–water partition coefficient (Wildman–Crippen LogP) is 2.88. The van der Waals surface area contributed by atoms with Crippen LogP contribution in [0, 0.1) is 0 Å². The van der Waals surface area contributed by atoms with E-state index in [1.807, 2.05) is 11.3 Å². The summed E-state index contributed by atoms with van der Waals surface area (Å²) in [5, 5.41) is 4.81. The van der Waals surface area contributed by atoms with E-state index in [1.165, 1.54) is 28.4 Å². The van der Waals surface area contributed by atoms with Crippen molar-refractivity contribution in [3.8, 4) is 0 Å². The lowest BCUT2D eigenvalue weighted by molar-refractivity contribution is 0.0362. The second-order valence-electron chi connectivity index (χ2n) is 5.25. The van der Waals surface area contributed by atoms with Crippen molar-refractivity contribution in [1.29, 1.82) is 0 Å². The number of rotatable bonds is 6. The Hall–Kier alpha value is -0.450. The number of nitrogens with zero attached hydrogens (tertiary/aromatic N) is 1. The van der Waals surface area contributed by atoms with Gasteiger partial charge in [0.1, 0.15) is 5.01 Å². The Balaban J connectivity index is 2.26. The summed E-state index contributed by atoms with van der Waals surface area (Å²) in [6, 6.07) is 0. The molecule has 0 saturated heterocycles. The first-order valence-corrected chi connectivity index (χ1v) is 7.70. The molecule has 0 aliphatic heterocycles. The average Bonchev–Trinajstić information content (AvgIpc) is 2.95. The third-order valence-electron chi connectivity index (χ3n) is 3.95. The van der Waals surface area contributed by atoms with Crippen molar-refractivity contribution in [3.63, 3.8) is 0 Å². The Morgan fingerprint density at radius 1 is 1.50 bits per heavy atom. The van der Waals surface area contributed by atoms with Gasteiger partial charge in [0, 0.05) is 12.0 Å². The van der Waals surface area contributed by atoms with Crippen LogP contribution >= 0.6 is 11.3 Å². The fourth-order valence-electron chi connectivity index (χ4n) is 2.43. The van der Waals surface area contributed by atoms with Gasteiger partial charge in [0.25, 0.3) is 0 Å². The molecule has 1 heterocycles. The molecular weight excluding hydrogens is 244 g/mol. The first kappa shape index (κ1) is 14.0. The molecule has 2 unspecified atom stereocenters. The number of ether oxygens (including phenoxy) is 1. The maximum atomic E-state index is 5.57. The van der Waals surface area contributed by atoms with Crippen LogP contribution < -0.4 is 5.32 Å². The topological polar surface area (TPSA) is 34.2 Å². The van der Waals surface area contributed by atoms with Crippen LogP contribution in [0.1, 0.15) is 49.2 Å². The van der Waals surface area contributed by atoms with Crippen LogP contribution in [0.5, 0.6) is 0 Å². The van der Waals surface area contributed by atoms with Crippen molar-refractivity contribution < 1.29 is 4.74 Å². The molecule has 1 aromatic rings. The van der Waals surface area contributed by atoms with Crippen molar-refractivity contribution in [3.05, 3.63) is 15.6 Å². The molecule has 18 heavy (non-hydrogen) atoms. The molecule has 3 nitrogen and oxygen atoms in total. The number of fused-ring (bicyclic) bond motifs is 1. The highest BCUT2D eigenvalue weighted by Gasteiger charge is 2.37. The number of hydrogen-bond acceptors (Lipinski definition) is 4. The zero-order chi connectivity index (χ0) is 13.2. The Labute approximate surface area is 114 Å². The molecule has 4 heteroatoms. The van der Waals surface area contributed by atoms with Gasteiger partial charge in [-0.3, -0.25) is 0 Å². The molecule has 1 N–H and O–H groups in total. The first-order chi connectivity index (χ1) is 8.61. The van der Waals surface area contributed by atoms with E-state index < -0.39 is 0 Å². The zero-order valence-electron chi connectivity index (χ0n) is 11.9. The van der Waals surface area contributed by atoms with Crippen LogP contribution in [0.3, 0.4) is 0 Å². The highest BCUT2D eigenvalue weighted by molar-refractivity contribution is 7.12. The number of thiazole rings is 1. The molecular formula is C14H24N2OS. The molecule has 0 aromatic carbocycles. The van der Waals surface area contributed by atoms with Gasteiger partial charge in [-0.1, -0.05) is 6.92 Å². The van der Waals surface area contributed by atoms with E-state index in [0.29, 0.717) is 0 Å². The van der Waals surface area contributed by atoms with Gasteiger partial charge in [-0.2, -0.15) is 0 Å². The molecule has 0 bridgehead atoms. The van der Waals surface area contributed by atoms with E-state index in [1.54, 1.807) is 7.11 Å². The number of methoxy groups -OCH3 is 1. The van der Waals surface area contributed by atoms with Crippen LogP contribution in [0.4, 0.5) is 0 Å². The van der Waals surface area contributed by atoms with Gasteiger partial charge in [0.2, 0.25) is 0 Å². The van der Waals surface area contributed by atoms with Crippen molar-refractivity contribution >= 4 is 11.3 Å². The molecule has 0 saturated carbocycles. The van der Waals surface area contributed by atoms with Crippen molar-refractivity contribution in [2.45, 2.75) is 58.1 Å². The van der Waals surface area contributed by atoms with E-state index in [9.17, 15) is 0 Å². The van der Waals surface area contributed by atoms with Crippen LogP contribution in [-0.4, -0.2) is 24.7 Å². The number of aryl methyl sites for hydroxylation is 2. The fourth-order valence-corrected chi connectivity index (χ4v) is 3.78. The zero-order valence-corrected chi connectivity index (χ0v) is 12.7. The Bertz CT molecular complexity index is 383. The van der Waals surface area contributed by atoms with Crippen LogP contribution in [0.25, 0.3) is 0 Å². The minimum Gasteiger partial charge on any atom is -0.379 e. The fraction of sp³-hybridized carbons (Fsp3) is 0.786. The summed E-state index contributed by atoms with van der Waals surface area (Å²) in [5.41, 5.74) is 1.16. The smallest absolute Gasteiger partial charge is 0.116 e. The van der Waals surface area contributed by atoms with Crippen LogP contribution in [0.2, 0.25) is 0 Å². The molecule has 102 valence electrons. The Morgan fingerprint density at radius 3 is 2.89 bits per heavy atom. The maximum Gasteiger partial charge on any atom is 0.116 e. The summed E-state index contributed by atoms with van der Waals surface area (Å²) in [4.78, 5) is 6.34. The second-order valence-corrected chi connectivity index (χ2v) is 6.33. The maximum absolute atomic E-state index is 5.57. The second kappa shape index (κ2) is 5.68. The van der Waals surface area contributed by atoms with E-state index >= 15 is 0 Å². The minimum atomic E-state index is -0.167. The van der Waals surface area contributed by atoms with Gasteiger partial charge < -0.3 is 10.1 Å². The van der Waals surface area contributed by atoms with Gasteiger partial charge in [0.15, 0.2) is 0 Å². The van der Waals surface area contributed by atoms with E-state index in [4.69, 9.17) is 9.72 Å².